The number of carbonyl (C=O) groups is 1. The fraction of sp³-hybridized carbons (Fsp3) is 0.389. The number of hydrogen-bond acceptors (Lipinski definition) is 3. The molecule has 0 radical (unpaired) electrons. The van der Waals surface area contributed by atoms with Gasteiger partial charge in [-0.05, 0) is 44.4 Å². The van der Waals surface area contributed by atoms with Crippen LogP contribution in [0.5, 0.6) is 0 Å². The van der Waals surface area contributed by atoms with Crippen molar-refractivity contribution in [2.45, 2.75) is 38.7 Å². The van der Waals surface area contributed by atoms with E-state index in [1.807, 2.05) is 30.3 Å². The first-order valence-electron chi connectivity index (χ1n) is 7.57. The predicted molar refractivity (Wildman–Crippen MR) is 91.0 cm³/mol. The molecule has 3 nitrogen and oxygen atoms in total. The Morgan fingerprint density at radius 3 is 2.59 bits per heavy atom. The van der Waals surface area contributed by atoms with Crippen LogP contribution in [0.3, 0.4) is 0 Å². The van der Waals surface area contributed by atoms with Crippen molar-refractivity contribution in [3.63, 3.8) is 0 Å². The van der Waals surface area contributed by atoms with Crippen LogP contribution in [-0.4, -0.2) is 17.6 Å². The lowest BCUT2D eigenvalue weighted by Gasteiger charge is -2.24. The third-order valence-electron chi connectivity index (χ3n) is 3.65. The lowest BCUT2D eigenvalue weighted by Crippen LogP contribution is -2.38. The predicted octanol–water partition coefficient (Wildman–Crippen LogP) is 3.40. The minimum atomic E-state index is -1.04. The summed E-state index contributed by atoms with van der Waals surface area (Å²) >= 11 is 1.78. The summed E-state index contributed by atoms with van der Waals surface area (Å²) in [5.74, 6) is -0.00974. The molecule has 118 valence electrons. The molecule has 0 aliphatic heterocycles. The van der Waals surface area contributed by atoms with Crippen molar-refractivity contribution in [3.8, 4) is 0 Å². The minimum Gasteiger partial charge on any atom is -0.384 e. The standard InChI is InChI=1S/C18H23NO2S/c1-14-11-12-16(22-14)9-6-10-17(20)19-13-18(2,21)15-7-4-3-5-8-15/h3-5,7-8,11-12,21H,6,9-10,13H2,1-2H3,(H,19,20). The van der Waals surface area contributed by atoms with Gasteiger partial charge >= 0.3 is 0 Å². The first-order valence-corrected chi connectivity index (χ1v) is 8.39. The van der Waals surface area contributed by atoms with Crippen LogP contribution >= 0.6 is 11.3 Å². The average molecular weight is 317 g/mol. The van der Waals surface area contributed by atoms with Crippen LogP contribution in [0.15, 0.2) is 42.5 Å². The molecule has 0 fully saturated rings. The van der Waals surface area contributed by atoms with Gasteiger partial charge in [-0.2, -0.15) is 0 Å². The zero-order valence-electron chi connectivity index (χ0n) is 13.1. The molecular formula is C18H23NO2S. The number of rotatable bonds is 7. The maximum atomic E-state index is 11.9. The third kappa shape index (κ3) is 4.97. The summed E-state index contributed by atoms with van der Waals surface area (Å²) in [4.78, 5) is 14.5. The molecule has 0 spiro atoms. The molecule has 0 saturated heterocycles. The summed E-state index contributed by atoms with van der Waals surface area (Å²) in [6.45, 7) is 4.04. The van der Waals surface area contributed by atoms with Gasteiger partial charge in [0, 0.05) is 16.2 Å². The highest BCUT2D eigenvalue weighted by Crippen LogP contribution is 2.19. The summed E-state index contributed by atoms with van der Waals surface area (Å²) in [6.07, 6.45) is 2.25. The van der Waals surface area contributed by atoms with Crippen LogP contribution in [0, 0.1) is 6.92 Å². The highest BCUT2D eigenvalue weighted by Gasteiger charge is 2.23. The highest BCUT2D eigenvalue weighted by molar-refractivity contribution is 7.11. The monoisotopic (exact) mass is 317 g/mol. The van der Waals surface area contributed by atoms with Gasteiger partial charge in [-0.25, -0.2) is 0 Å². The fourth-order valence-corrected chi connectivity index (χ4v) is 3.23. The Hall–Kier alpha value is -1.65. The molecule has 0 aliphatic rings. The van der Waals surface area contributed by atoms with Crippen molar-refractivity contribution >= 4 is 17.2 Å². The maximum absolute atomic E-state index is 11.9. The van der Waals surface area contributed by atoms with E-state index in [9.17, 15) is 9.90 Å². The summed E-state index contributed by atoms with van der Waals surface area (Å²) in [5, 5.41) is 13.3. The third-order valence-corrected chi connectivity index (χ3v) is 4.71. The van der Waals surface area contributed by atoms with E-state index in [4.69, 9.17) is 0 Å². The van der Waals surface area contributed by atoms with E-state index < -0.39 is 5.60 Å². The van der Waals surface area contributed by atoms with Crippen molar-refractivity contribution in [1.29, 1.82) is 0 Å². The van der Waals surface area contributed by atoms with Crippen LogP contribution in [0.1, 0.15) is 35.1 Å². The fourth-order valence-electron chi connectivity index (χ4n) is 2.30. The van der Waals surface area contributed by atoms with E-state index in [1.165, 1.54) is 9.75 Å². The Kier molecular flexibility index (Phi) is 5.75. The van der Waals surface area contributed by atoms with Gasteiger partial charge in [0.2, 0.25) is 5.91 Å². The molecule has 2 aromatic rings. The van der Waals surface area contributed by atoms with Gasteiger partial charge in [-0.1, -0.05) is 30.3 Å². The second kappa shape index (κ2) is 7.56. The van der Waals surface area contributed by atoms with Crippen LogP contribution < -0.4 is 5.32 Å². The maximum Gasteiger partial charge on any atom is 0.220 e. The minimum absolute atomic E-state index is 0.00974. The largest absolute Gasteiger partial charge is 0.384 e. The van der Waals surface area contributed by atoms with E-state index in [0.717, 1.165) is 18.4 Å². The van der Waals surface area contributed by atoms with Crippen molar-refractivity contribution in [2.75, 3.05) is 6.54 Å². The second-order valence-corrected chi connectivity index (χ2v) is 7.15. The first kappa shape index (κ1) is 16.7. The van der Waals surface area contributed by atoms with Gasteiger partial charge < -0.3 is 10.4 Å². The number of aryl methyl sites for hydroxylation is 2. The average Bonchev–Trinajstić information content (AvgIpc) is 2.92. The molecule has 0 bridgehead atoms. The zero-order chi connectivity index (χ0) is 16.0. The van der Waals surface area contributed by atoms with Crippen LogP contribution in [0.4, 0.5) is 0 Å². The van der Waals surface area contributed by atoms with E-state index in [2.05, 4.69) is 24.4 Å². The van der Waals surface area contributed by atoms with E-state index >= 15 is 0 Å². The SMILES string of the molecule is Cc1ccc(CCCC(=O)NCC(C)(O)c2ccccc2)s1. The number of benzene rings is 1. The Morgan fingerprint density at radius 1 is 1.23 bits per heavy atom. The number of amides is 1. The Balaban J connectivity index is 1.73. The molecule has 0 aliphatic carbocycles. The lowest BCUT2D eigenvalue weighted by atomic mass is 9.96. The van der Waals surface area contributed by atoms with E-state index in [1.54, 1.807) is 18.3 Å². The van der Waals surface area contributed by atoms with Crippen LogP contribution in [-0.2, 0) is 16.8 Å². The molecule has 1 atom stereocenters. The van der Waals surface area contributed by atoms with Gasteiger partial charge in [0.05, 0.1) is 6.54 Å². The molecule has 0 saturated carbocycles. The zero-order valence-corrected chi connectivity index (χ0v) is 14.0. The van der Waals surface area contributed by atoms with E-state index in [-0.39, 0.29) is 12.5 Å². The highest BCUT2D eigenvalue weighted by atomic mass is 32.1. The van der Waals surface area contributed by atoms with Crippen molar-refractivity contribution < 1.29 is 9.90 Å². The van der Waals surface area contributed by atoms with Gasteiger partial charge in [0.1, 0.15) is 5.60 Å². The van der Waals surface area contributed by atoms with Gasteiger partial charge in [0.15, 0.2) is 0 Å². The summed E-state index contributed by atoms with van der Waals surface area (Å²) in [6, 6.07) is 13.6. The van der Waals surface area contributed by atoms with Crippen LogP contribution in [0.25, 0.3) is 0 Å². The summed E-state index contributed by atoms with van der Waals surface area (Å²) in [7, 11) is 0. The number of thiophene rings is 1. The smallest absolute Gasteiger partial charge is 0.220 e. The first-order chi connectivity index (χ1) is 10.5. The number of nitrogens with one attached hydrogen (secondary N) is 1. The molecule has 22 heavy (non-hydrogen) atoms. The van der Waals surface area contributed by atoms with Gasteiger partial charge in [0.25, 0.3) is 0 Å². The molecule has 2 N–H and O–H groups in total. The second-order valence-electron chi connectivity index (χ2n) is 5.78. The quantitative estimate of drug-likeness (QED) is 0.822. The molecule has 2 rings (SSSR count). The number of aliphatic hydroxyl groups is 1. The Bertz CT molecular complexity index is 605. The molecular weight excluding hydrogens is 294 g/mol. The number of carbonyl (C=O) groups excluding carboxylic acids is 1. The van der Waals surface area contributed by atoms with Crippen molar-refractivity contribution in [1.82, 2.24) is 5.32 Å². The molecule has 1 unspecified atom stereocenters. The summed E-state index contributed by atoms with van der Waals surface area (Å²) in [5.41, 5.74) is -0.230. The summed E-state index contributed by atoms with van der Waals surface area (Å²) < 4.78 is 0. The van der Waals surface area contributed by atoms with E-state index in [0.29, 0.717) is 6.42 Å². The molecule has 1 heterocycles. The normalized spacial score (nSPS) is 13.6. The van der Waals surface area contributed by atoms with Crippen molar-refractivity contribution in [3.05, 3.63) is 57.8 Å². The lowest BCUT2D eigenvalue weighted by molar-refractivity contribution is -0.122. The molecule has 4 heteroatoms. The van der Waals surface area contributed by atoms with Gasteiger partial charge in [-0.3, -0.25) is 4.79 Å². The Morgan fingerprint density at radius 2 is 1.95 bits per heavy atom. The molecule has 1 amide bonds. The Labute approximate surface area is 136 Å². The van der Waals surface area contributed by atoms with Gasteiger partial charge in [-0.15, -0.1) is 11.3 Å². The number of hydrogen-bond donors (Lipinski definition) is 2. The molecule has 1 aromatic heterocycles. The molecule has 1 aromatic carbocycles. The van der Waals surface area contributed by atoms with Crippen LogP contribution in [0.2, 0.25) is 0 Å². The van der Waals surface area contributed by atoms with Crippen molar-refractivity contribution in [2.24, 2.45) is 0 Å². The topological polar surface area (TPSA) is 49.3 Å².